The van der Waals surface area contributed by atoms with Gasteiger partial charge in [0.1, 0.15) is 11.0 Å². The van der Waals surface area contributed by atoms with Gasteiger partial charge in [0.05, 0.1) is 12.8 Å². The average Bonchev–Trinajstić information content (AvgIpc) is 2.08. The Labute approximate surface area is 79.9 Å². The van der Waals surface area contributed by atoms with E-state index in [0.29, 0.717) is 5.88 Å². The first kappa shape index (κ1) is 9.98. The number of hydrogen-bond acceptors (Lipinski definition) is 3. The average molecular weight is 200 g/mol. The maximum atomic E-state index is 10.9. The number of anilines is 1. The normalized spacial score (nSPS) is 12.2. The second kappa shape index (κ2) is 4.23. The number of rotatable bonds is 3. The number of ether oxygens (including phenoxy) is 1. The summed E-state index contributed by atoms with van der Waals surface area (Å²) >= 11 is 0. The first-order chi connectivity index (χ1) is 6.15. The summed E-state index contributed by atoms with van der Waals surface area (Å²) < 4.78 is 18.7. The van der Waals surface area contributed by atoms with Crippen molar-refractivity contribution in [1.29, 1.82) is 0 Å². The smallest absolute Gasteiger partial charge is 0.218 e. The predicted octanol–water partition coefficient (Wildman–Crippen LogP) is 1.10. The number of nitrogens with zero attached hydrogens (tertiary/aromatic N) is 1. The zero-order valence-electron chi connectivity index (χ0n) is 7.83. The van der Waals surface area contributed by atoms with Gasteiger partial charge in [0.15, 0.2) is 0 Å². The van der Waals surface area contributed by atoms with Crippen LogP contribution in [0.15, 0.2) is 12.3 Å². The Bertz CT molecular complexity index is 328. The summed E-state index contributed by atoms with van der Waals surface area (Å²) in [7, 11) is 0.487. The molecule has 72 valence electrons. The van der Waals surface area contributed by atoms with Crippen molar-refractivity contribution in [2.24, 2.45) is 0 Å². The molecule has 0 aliphatic rings. The molecule has 0 saturated carbocycles. The summed E-state index contributed by atoms with van der Waals surface area (Å²) in [6.45, 7) is 1.86. The summed E-state index contributed by atoms with van der Waals surface area (Å²) in [4.78, 5) is 4.00. The molecule has 0 radical (unpaired) electrons. The molecule has 0 aromatic carbocycles. The van der Waals surface area contributed by atoms with E-state index in [9.17, 15) is 4.21 Å². The van der Waals surface area contributed by atoms with Crippen molar-refractivity contribution in [3.05, 3.63) is 17.8 Å². The number of methoxy groups -OCH3 is 1. The van der Waals surface area contributed by atoms with Crippen LogP contribution in [-0.4, -0.2) is 22.6 Å². The third kappa shape index (κ3) is 2.42. The summed E-state index contributed by atoms with van der Waals surface area (Å²) in [5.74, 6) is 0.551. The fourth-order valence-electron chi connectivity index (χ4n) is 0.988. The molecular formula is C8H12N2O2S. The van der Waals surface area contributed by atoms with Crippen molar-refractivity contribution in [2.45, 2.75) is 6.92 Å². The van der Waals surface area contributed by atoms with Gasteiger partial charge in [0, 0.05) is 18.0 Å². The number of hydrogen-bond donors (Lipinski definition) is 1. The molecule has 1 heterocycles. The van der Waals surface area contributed by atoms with Crippen molar-refractivity contribution in [3.63, 3.8) is 0 Å². The van der Waals surface area contributed by atoms with Gasteiger partial charge in [-0.3, -0.25) is 0 Å². The SMILES string of the molecule is COc1nccc(NS(C)=O)c1C. The summed E-state index contributed by atoms with van der Waals surface area (Å²) in [6.07, 6.45) is 3.19. The lowest BCUT2D eigenvalue weighted by Crippen LogP contribution is -2.04. The third-order valence-electron chi connectivity index (χ3n) is 1.60. The molecule has 4 nitrogen and oxygen atoms in total. The van der Waals surface area contributed by atoms with Crippen LogP contribution in [0, 0.1) is 6.92 Å². The summed E-state index contributed by atoms with van der Waals surface area (Å²) in [5.41, 5.74) is 1.65. The molecule has 1 atom stereocenters. The number of aromatic nitrogens is 1. The molecule has 0 saturated heterocycles. The predicted molar refractivity (Wildman–Crippen MR) is 53.2 cm³/mol. The maximum absolute atomic E-state index is 10.9. The standard InChI is InChI=1S/C8H12N2O2S/c1-6-7(10-13(3)11)4-5-9-8(6)12-2/h4-5H,1-3H3,(H,9,10). The van der Waals surface area contributed by atoms with Gasteiger partial charge in [-0.2, -0.15) is 0 Å². The lowest BCUT2D eigenvalue weighted by Gasteiger charge is -2.08. The van der Waals surface area contributed by atoms with Gasteiger partial charge >= 0.3 is 0 Å². The Morgan fingerprint density at radius 1 is 1.62 bits per heavy atom. The molecule has 1 rings (SSSR count). The van der Waals surface area contributed by atoms with Gasteiger partial charge in [-0.1, -0.05) is 0 Å². The first-order valence-electron chi connectivity index (χ1n) is 3.75. The molecule has 1 aromatic heterocycles. The molecule has 0 amide bonds. The Balaban J connectivity index is 3.01. The fourth-order valence-corrected chi connectivity index (χ4v) is 1.52. The monoisotopic (exact) mass is 200 g/mol. The van der Waals surface area contributed by atoms with Crippen molar-refractivity contribution < 1.29 is 8.95 Å². The Morgan fingerprint density at radius 3 is 2.85 bits per heavy atom. The first-order valence-corrected chi connectivity index (χ1v) is 5.30. The zero-order chi connectivity index (χ0) is 9.84. The lowest BCUT2D eigenvalue weighted by atomic mass is 10.2. The van der Waals surface area contributed by atoms with Gasteiger partial charge in [-0.25, -0.2) is 9.19 Å². The molecule has 1 N–H and O–H groups in total. The lowest BCUT2D eigenvalue weighted by molar-refractivity contribution is 0.395. The molecule has 13 heavy (non-hydrogen) atoms. The number of nitrogens with one attached hydrogen (secondary N) is 1. The Kier molecular flexibility index (Phi) is 3.25. The van der Waals surface area contributed by atoms with Crippen LogP contribution in [0.4, 0.5) is 5.69 Å². The summed E-state index contributed by atoms with van der Waals surface area (Å²) in [5, 5.41) is 0. The maximum Gasteiger partial charge on any atom is 0.218 e. The highest BCUT2D eigenvalue weighted by Crippen LogP contribution is 2.22. The van der Waals surface area contributed by atoms with Crippen molar-refractivity contribution >= 4 is 16.7 Å². The van der Waals surface area contributed by atoms with Crippen LogP contribution in [-0.2, 0) is 11.0 Å². The van der Waals surface area contributed by atoms with Crippen LogP contribution >= 0.6 is 0 Å². The van der Waals surface area contributed by atoms with Crippen LogP contribution in [0.2, 0.25) is 0 Å². The van der Waals surface area contributed by atoms with E-state index in [4.69, 9.17) is 4.74 Å². The van der Waals surface area contributed by atoms with Gasteiger partial charge < -0.3 is 9.46 Å². The number of pyridine rings is 1. The molecular weight excluding hydrogens is 188 g/mol. The van der Waals surface area contributed by atoms with E-state index >= 15 is 0 Å². The second-order valence-electron chi connectivity index (χ2n) is 2.55. The molecule has 0 aliphatic carbocycles. The quantitative estimate of drug-likeness (QED) is 0.795. The highest BCUT2D eigenvalue weighted by atomic mass is 32.2. The van der Waals surface area contributed by atoms with E-state index in [1.165, 1.54) is 0 Å². The molecule has 0 aliphatic heterocycles. The minimum atomic E-state index is -1.07. The Morgan fingerprint density at radius 2 is 2.31 bits per heavy atom. The topological polar surface area (TPSA) is 51.2 Å². The van der Waals surface area contributed by atoms with Gasteiger partial charge in [-0.05, 0) is 13.0 Å². The van der Waals surface area contributed by atoms with Crippen LogP contribution in [0.5, 0.6) is 5.88 Å². The fraction of sp³-hybridized carbons (Fsp3) is 0.375. The molecule has 1 unspecified atom stereocenters. The van der Waals surface area contributed by atoms with Gasteiger partial charge in [0.2, 0.25) is 5.88 Å². The Hall–Kier alpha value is -1.10. The van der Waals surface area contributed by atoms with Crippen LogP contribution in [0.25, 0.3) is 0 Å². The van der Waals surface area contributed by atoms with E-state index in [-0.39, 0.29) is 0 Å². The van der Waals surface area contributed by atoms with E-state index in [2.05, 4.69) is 9.71 Å². The van der Waals surface area contributed by atoms with Crippen LogP contribution in [0.1, 0.15) is 5.56 Å². The molecule has 0 spiro atoms. The van der Waals surface area contributed by atoms with Crippen LogP contribution in [0.3, 0.4) is 0 Å². The van der Waals surface area contributed by atoms with Gasteiger partial charge in [0.25, 0.3) is 0 Å². The van der Waals surface area contributed by atoms with E-state index in [1.54, 1.807) is 25.6 Å². The van der Waals surface area contributed by atoms with Crippen molar-refractivity contribution in [2.75, 3.05) is 18.1 Å². The zero-order valence-corrected chi connectivity index (χ0v) is 8.64. The van der Waals surface area contributed by atoms with E-state index in [0.717, 1.165) is 11.3 Å². The second-order valence-corrected chi connectivity index (χ2v) is 3.66. The minimum Gasteiger partial charge on any atom is -0.481 e. The van der Waals surface area contributed by atoms with Crippen molar-refractivity contribution in [1.82, 2.24) is 4.98 Å². The minimum absolute atomic E-state index is 0.551. The highest BCUT2D eigenvalue weighted by Gasteiger charge is 2.05. The highest BCUT2D eigenvalue weighted by molar-refractivity contribution is 7.85. The largest absolute Gasteiger partial charge is 0.481 e. The van der Waals surface area contributed by atoms with Crippen molar-refractivity contribution in [3.8, 4) is 5.88 Å². The molecule has 1 aromatic rings. The molecule has 5 heteroatoms. The van der Waals surface area contributed by atoms with Crippen LogP contribution < -0.4 is 9.46 Å². The van der Waals surface area contributed by atoms with E-state index in [1.807, 2.05) is 6.92 Å². The third-order valence-corrected chi connectivity index (χ3v) is 2.11. The molecule has 0 bridgehead atoms. The van der Waals surface area contributed by atoms with E-state index < -0.39 is 11.0 Å². The molecule has 0 fully saturated rings. The van der Waals surface area contributed by atoms with Gasteiger partial charge in [-0.15, -0.1) is 0 Å². The summed E-state index contributed by atoms with van der Waals surface area (Å²) in [6, 6.07) is 1.76.